The number of ether oxygens (including phenoxy) is 1. The summed E-state index contributed by atoms with van der Waals surface area (Å²) in [5.74, 6) is 0.106. The molecule has 4 nitrogen and oxygen atoms in total. The van der Waals surface area contributed by atoms with E-state index in [-0.39, 0.29) is 5.91 Å². The maximum absolute atomic E-state index is 12.2. The quantitative estimate of drug-likeness (QED) is 0.806. The van der Waals surface area contributed by atoms with Gasteiger partial charge in [-0.3, -0.25) is 4.79 Å². The van der Waals surface area contributed by atoms with E-state index in [9.17, 15) is 4.79 Å². The molecule has 0 aromatic heterocycles. The van der Waals surface area contributed by atoms with Gasteiger partial charge in [-0.15, -0.1) is 0 Å². The molecule has 1 fully saturated rings. The third-order valence-electron chi connectivity index (χ3n) is 3.00. The number of nitrogens with zero attached hydrogens (tertiary/aromatic N) is 2. The lowest BCUT2D eigenvalue weighted by atomic mass is 10.1. The molecule has 1 aromatic carbocycles. The second kappa shape index (κ2) is 5.98. The number of rotatable bonds is 3. The predicted molar refractivity (Wildman–Crippen MR) is 70.6 cm³/mol. The Labute approximate surface area is 108 Å². The molecule has 0 aliphatic carbocycles. The van der Waals surface area contributed by atoms with Gasteiger partial charge >= 0.3 is 0 Å². The summed E-state index contributed by atoms with van der Waals surface area (Å²) in [6.07, 6.45) is 0. The summed E-state index contributed by atoms with van der Waals surface area (Å²) in [5, 5.41) is 0. The van der Waals surface area contributed by atoms with Crippen LogP contribution in [-0.4, -0.2) is 56.1 Å². The first-order valence-electron chi connectivity index (χ1n) is 6.27. The Balaban J connectivity index is 2.02. The molecular formula is C14H20N2O2. The molecule has 0 radical (unpaired) electrons. The lowest BCUT2D eigenvalue weighted by molar-refractivity contribution is 0.0303. The van der Waals surface area contributed by atoms with E-state index in [0.29, 0.717) is 26.3 Å². The topological polar surface area (TPSA) is 32.8 Å². The largest absolute Gasteiger partial charge is 0.378 e. The maximum Gasteiger partial charge on any atom is 0.254 e. The standard InChI is InChI=1S/C14H20N2O2/c1-15(2)11-12-3-5-13(6-4-12)14(17)16-7-9-18-10-8-16/h3-6H,7-11H2,1-2H3. The molecule has 0 N–H and O–H groups in total. The summed E-state index contributed by atoms with van der Waals surface area (Å²) in [5.41, 5.74) is 1.98. The first-order valence-corrected chi connectivity index (χ1v) is 6.27. The highest BCUT2D eigenvalue weighted by atomic mass is 16.5. The number of carbonyl (C=O) groups excluding carboxylic acids is 1. The summed E-state index contributed by atoms with van der Waals surface area (Å²) in [4.78, 5) is 16.2. The Morgan fingerprint density at radius 2 is 1.83 bits per heavy atom. The second-order valence-corrected chi connectivity index (χ2v) is 4.84. The highest BCUT2D eigenvalue weighted by molar-refractivity contribution is 5.94. The lowest BCUT2D eigenvalue weighted by Gasteiger charge is -2.26. The smallest absolute Gasteiger partial charge is 0.254 e. The number of morpholine rings is 1. The SMILES string of the molecule is CN(C)Cc1ccc(C(=O)N2CCOCC2)cc1. The number of hydrogen-bond acceptors (Lipinski definition) is 3. The number of benzene rings is 1. The van der Waals surface area contributed by atoms with Crippen molar-refractivity contribution < 1.29 is 9.53 Å². The summed E-state index contributed by atoms with van der Waals surface area (Å²) >= 11 is 0. The summed E-state index contributed by atoms with van der Waals surface area (Å²) < 4.78 is 5.25. The van der Waals surface area contributed by atoms with Gasteiger partial charge in [-0.2, -0.15) is 0 Å². The van der Waals surface area contributed by atoms with Gasteiger partial charge in [-0.05, 0) is 31.8 Å². The van der Waals surface area contributed by atoms with Crippen LogP contribution in [0.2, 0.25) is 0 Å². The molecular weight excluding hydrogens is 228 g/mol. The van der Waals surface area contributed by atoms with Crippen molar-refractivity contribution in [2.45, 2.75) is 6.54 Å². The average Bonchev–Trinajstić information content (AvgIpc) is 2.39. The van der Waals surface area contributed by atoms with Gasteiger partial charge in [-0.25, -0.2) is 0 Å². The number of carbonyl (C=O) groups is 1. The fraction of sp³-hybridized carbons (Fsp3) is 0.500. The van der Waals surface area contributed by atoms with Gasteiger partial charge in [0, 0.05) is 25.2 Å². The van der Waals surface area contributed by atoms with Crippen LogP contribution in [0.1, 0.15) is 15.9 Å². The second-order valence-electron chi connectivity index (χ2n) is 4.84. The Bertz CT molecular complexity index is 395. The van der Waals surface area contributed by atoms with E-state index in [4.69, 9.17) is 4.74 Å². The fourth-order valence-electron chi connectivity index (χ4n) is 2.07. The molecule has 1 aliphatic heterocycles. The van der Waals surface area contributed by atoms with Crippen molar-refractivity contribution in [1.82, 2.24) is 9.80 Å². The van der Waals surface area contributed by atoms with Crippen LogP contribution in [0.15, 0.2) is 24.3 Å². The van der Waals surface area contributed by atoms with Crippen molar-refractivity contribution in [2.75, 3.05) is 40.4 Å². The molecule has 1 amide bonds. The average molecular weight is 248 g/mol. The minimum absolute atomic E-state index is 0.106. The molecule has 0 bridgehead atoms. The van der Waals surface area contributed by atoms with Gasteiger partial charge in [0.25, 0.3) is 5.91 Å². The molecule has 2 rings (SSSR count). The Morgan fingerprint density at radius 3 is 2.39 bits per heavy atom. The van der Waals surface area contributed by atoms with Crippen LogP contribution < -0.4 is 0 Å². The highest BCUT2D eigenvalue weighted by Gasteiger charge is 2.18. The number of hydrogen-bond donors (Lipinski definition) is 0. The third kappa shape index (κ3) is 3.31. The van der Waals surface area contributed by atoms with Gasteiger partial charge in [0.15, 0.2) is 0 Å². The first-order chi connectivity index (χ1) is 8.66. The zero-order chi connectivity index (χ0) is 13.0. The molecule has 1 aliphatic rings. The van der Waals surface area contributed by atoms with Gasteiger partial charge in [0.1, 0.15) is 0 Å². The van der Waals surface area contributed by atoms with Crippen molar-refractivity contribution in [1.29, 1.82) is 0 Å². The van der Waals surface area contributed by atoms with Crippen molar-refractivity contribution in [3.05, 3.63) is 35.4 Å². The third-order valence-corrected chi connectivity index (χ3v) is 3.00. The molecule has 1 saturated heterocycles. The Kier molecular flexibility index (Phi) is 4.33. The Hall–Kier alpha value is -1.39. The van der Waals surface area contributed by atoms with E-state index >= 15 is 0 Å². The van der Waals surface area contributed by atoms with E-state index < -0.39 is 0 Å². The Morgan fingerprint density at radius 1 is 1.22 bits per heavy atom. The predicted octanol–water partition coefficient (Wildman–Crippen LogP) is 1.22. The van der Waals surface area contributed by atoms with Gasteiger partial charge in [0.2, 0.25) is 0 Å². The van der Waals surface area contributed by atoms with Crippen LogP contribution in [0.5, 0.6) is 0 Å². The van der Waals surface area contributed by atoms with Gasteiger partial charge in [-0.1, -0.05) is 12.1 Å². The van der Waals surface area contributed by atoms with Gasteiger partial charge in [0.05, 0.1) is 13.2 Å². The fourth-order valence-corrected chi connectivity index (χ4v) is 2.07. The molecule has 4 heteroatoms. The molecule has 0 spiro atoms. The molecule has 0 unspecified atom stereocenters. The van der Waals surface area contributed by atoms with Crippen LogP contribution in [0.4, 0.5) is 0 Å². The van der Waals surface area contributed by atoms with Crippen molar-refractivity contribution in [3.8, 4) is 0 Å². The highest BCUT2D eigenvalue weighted by Crippen LogP contribution is 2.10. The van der Waals surface area contributed by atoms with Crippen molar-refractivity contribution in [3.63, 3.8) is 0 Å². The molecule has 0 saturated carbocycles. The monoisotopic (exact) mass is 248 g/mol. The summed E-state index contributed by atoms with van der Waals surface area (Å²) in [7, 11) is 4.07. The number of amides is 1. The van der Waals surface area contributed by atoms with E-state index in [1.165, 1.54) is 5.56 Å². The van der Waals surface area contributed by atoms with Crippen LogP contribution >= 0.6 is 0 Å². The minimum Gasteiger partial charge on any atom is -0.378 e. The van der Waals surface area contributed by atoms with Crippen LogP contribution in [0.3, 0.4) is 0 Å². The van der Waals surface area contributed by atoms with Crippen molar-refractivity contribution in [2.24, 2.45) is 0 Å². The zero-order valence-electron chi connectivity index (χ0n) is 11.1. The van der Waals surface area contributed by atoms with E-state index in [1.807, 2.05) is 43.3 Å². The van der Waals surface area contributed by atoms with E-state index in [0.717, 1.165) is 12.1 Å². The molecule has 1 aromatic rings. The molecule has 98 valence electrons. The normalized spacial score (nSPS) is 16.1. The van der Waals surface area contributed by atoms with Crippen LogP contribution in [-0.2, 0) is 11.3 Å². The molecule has 18 heavy (non-hydrogen) atoms. The van der Waals surface area contributed by atoms with Crippen LogP contribution in [0, 0.1) is 0 Å². The van der Waals surface area contributed by atoms with Crippen molar-refractivity contribution >= 4 is 5.91 Å². The van der Waals surface area contributed by atoms with Crippen LogP contribution in [0.25, 0.3) is 0 Å². The summed E-state index contributed by atoms with van der Waals surface area (Å²) in [6.45, 7) is 3.57. The minimum atomic E-state index is 0.106. The lowest BCUT2D eigenvalue weighted by Crippen LogP contribution is -2.40. The zero-order valence-corrected chi connectivity index (χ0v) is 11.1. The molecule has 1 heterocycles. The molecule has 0 atom stereocenters. The first kappa shape index (κ1) is 13.1. The van der Waals surface area contributed by atoms with Gasteiger partial charge < -0.3 is 14.5 Å². The maximum atomic E-state index is 12.2. The summed E-state index contributed by atoms with van der Waals surface area (Å²) in [6, 6.07) is 7.87. The van der Waals surface area contributed by atoms with E-state index in [2.05, 4.69) is 4.90 Å². The van der Waals surface area contributed by atoms with E-state index in [1.54, 1.807) is 0 Å².